The van der Waals surface area contributed by atoms with E-state index in [1.54, 1.807) is 24.3 Å². The fourth-order valence-electron chi connectivity index (χ4n) is 4.17. The zero-order chi connectivity index (χ0) is 27.1. The molecule has 3 aromatic carbocycles. The van der Waals surface area contributed by atoms with Crippen LogP contribution in [0.3, 0.4) is 0 Å². The number of benzene rings is 3. The molecule has 0 amide bonds. The van der Waals surface area contributed by atoms with Gasteiger partial charge < -0.3 is 25.2 Å². The lowest BCUT2D eigenvalue weighted by molar-refractivity contribution is 0.0422. The normalized spacial score (nSPS) is 11.6. The van der Waals surface area contributed by atoms with E-state index in [1.807, 2.05) is 30.9 Å². The number of esters is 1. The first-order valence-electron chi connectivity index (χ1n) is 12.3. The average molecular weight is 521 g/mol. The van der Waals surface area contributed by atoms with Crippen molar-refractivity contribution in [3.63, 3.8) is 0 Å². The molecule has 3 N–H and O–H groups in total. The number of rotatable bonds is 10. The lowest BCUT2D eigenvalue weighted by Gasteiger charge is -2.28. The van der Waals surface area contributed by atoms with Gasteiger partial charge in [0.1, 0.15) is 0 Å². The molecule has 0 aliphatic carbocycles. The summed E-state index contributed by atoms with van der Waals surface area (Å²) in [6, 6.07) is 17.1. The number of ether oxygens (including phenoxy) is 2. The first-order valence-corrected chi connectivity index (χ1v) is 12.7. The SMILES string of the molecule is COc1cc(CN(CC(COC(=O)c2ccc(C)c(C)c2)Cc2ccc(C)c(C)c2)C(N)=S)ccc1O. The van der Waals surface area contributed by atoms with Crippen LogP contribution in [-0.4, -0.2) is 41.3 Å². The van der Waals surface area contributed by atoms with Gasteiger partial charge in [0, 0.05) is 19.0 Å². The summed E-state index contributed by atoms with van der Waals surface area (Å²) in [5.41, 5.74) is 13.3. The van der Waals surface area contributed by atoms with Gasteiger partial charge in [-0.05, 0) is 104 Å². The standard InChI is InChI=1S/C30H36N2O4S/c1-19-6-8-23(12-21(19)3)14-25(18-36-29(34)26-10-7-20(2)22(4)13-26)17-32(30(31)37)16-24-9-11-27(33)28(15-24)35-5/h6-13,15,25,33H,14,16-18H2,1-5H3,(H2,31,37). The number of phenols is 1. The van der Waals surface area contributed by atoms with Crippen LogP contribution in [0.4, 0.5) is 0 Å². The van der Waals surface area contributed by atoms with E-state index in [0.29, 0.717) is 30.8 Å². The zero-order valence-electron chi connectivity index (χ0n) is 22.2. The molecule has 3 rings (SSSR count). The summed E-state index contributed by atoms with van der Waals surface area (Å²) >= 11 is 5.38. The van der Waals surface area contributed by atoms with Crippen molar-refractivity contribution in [1.82, 2.24) is 4.90 Å². The van der Waals surface area contributed by atoms with E-state index in [0.717, 1.165) is 22.3 Å². The Morgan fingerprint density at radius 2 is 1.59 bits per heavy atom. The van der Waals surface area contributed by atoms with Gasteiger partial charge in [0.15, 0.2) is 16.6 Å². The molecule has 0 bridgehead atoms. The molecule has 0 aromatic heterocycles. The van der Waals surface area contributed by atoms with Gasteiger partial charge in [-0.2, -0.15) is 0 Å². The Hall–Kier alpha value is -3.58. The Morgan fingerprint density at radius 3 is 2.22 bits per heavy atom. The fraction of sp³-hybridized carbons (Fsp3) is 0.333. The molecule has 0 saturated heterocycles. The molecule has 0 heterocycles. The van der Waals surface area contributed by atoms with E-state index in [-0.39, 0.29) is 29.4 Å². The van der Waals surface area contributed by atoms with E-state index < -0.39 is 0 Å². The largest absolute Gasteiger partial charge is 0.504 e. The second-order valence-corrected chi connectivity index (χ2v) is 10.0. The van der Waals surface area contributed by atoms with Gasteiger partial charge in [-0.15, -0.1) is 0 Å². The van der Waals surface area contributed by atoms with E-state index in [2.05, 4.69) is 32.0 Å². The second kappa shape index (κ2) is 12.6. The Labute approximate surface area is 225 Å². The van der Waals surface area contributed by atoms with Crippen LogP contribution in [-0.2, 0) is 17.7 Å². The number of hydrogen-bond acceptors (Lipinski definition) is 5. The monoisotopic (exact) mass is 520 g/mol. The van der Waals surface area contributed by atoms with Crippen molar-refractivity contribution >= 4 is 23.3 Å². The molecule has 0 aliphatic rings. The van der Waals surface area contributed by atoms with Crippen molar-refractivity contribution in [2.24, 2.45) is 11.7 Å². The maximum Gasteiger partial charge on any atom is 0.338 e. The summed E-state index contributed by atoms with van der Waals surface area (Å²) in [4.78, 5) is 14.7. The van der Waals surface area contributed by atoms with Crippen molar-refractivity contribution in [1.29, 1.82) is 0 Å². The van der Waals surface area contributed by atoms with Crippen LogP contribution < -0.4 is 10.5 Å². The minimum absolute atomic E-state index is 0.0573. The van der Waals surface area contributed by atoms with E-state index in [1.165, 1.54) is 18.2 Å². The van der Waals surface area contributed by atoms with Crippen molar-refractivity contribution in [3.8, 4) is 11.5 Å². The predicted molar refractivity (Wildman–Crippen MR) is 151 cm³/mol. The number of phenolic OH excluding ortho intramolecular Hbond substituents is 1. The molecule has 7 heteroatoms. The molecular weight excluding hydrogens is 484 g/mol. The summed E-state index contributed by atoms with van der Waals surface area (Å²) in [5.74, 6) is 0.0461. The molecule has 0 aliphatic heterocycles. The maximum atomic E-state index is 12.9. The highest BCUT2D eigenvalue weighted by atomic mass is 32.1. The van der Waals surface area contributed by atoms with Crippen LogP contribution in [0.2, 0.25) is 0 Å². The molecule has 1 unspecified atom stereocenters. The zero-order valence-corrected chi connectivity index (χ0v) is 23.0. The highest BCUT2D eigenvalue weighted by Crippen LogP contribution is 2.27. The molecule has 37 heavy (non-hydrogen) atoms. The molecule has 1 atom stereocenters. The average Bonchev–Trinajstić information content (AvgIpc) is 2.86. The number of aromatic hydroxyl groups is 1. The summed E-state index contributed by atoms with van der Waals surface area (Å²) in [5, 5.41) is 10.2. The molecule has 196 valence electrons. The van der Waals surface area contributed by atoms with Gasteiger partial charge in [-0.3, -0.25) is 0 Å². The Kier molecular flexibility index (Phi) is 9.53. The summed E-state index contributed by atoms with van der Waals surface area (Å²) < 4.78 is 11.0. The fourth-order valence-corrected chi connectivity index (χ4v) is 4.31. The topological polar surface area (TPSA) is 85.0 Å². The van der Waals surface area contributed by atoms with Crippen molar-refractivity contribution in [3.05, 3.63) is 93.5 Å². The molecule has 0 saturated carbocycles. The lowest BCUT2D eigenvalue weighted by atomic mass is 9.96. The summed E-state index contributed by atoms with van der Waals surface area (Å²) in [6.07, 6.45) is 0.694. The van der Waals surface area contributed by atoms with Crippen LogP contribution in [0, 0.1) is 33.6 Å². The Bertz CT molecular complexity index is 1270. The van der Waals surface area contributed by atoms with Gasteiger partial charge >= 0.3 is 5.97 Å². The number of nitrogens with zero attached hydrogens (tertiary/aromatic N) is 1. The van der Waals surface area contributed by atoms with Gasteiger partial charge in [0.2, 0.25) is 0 Å². The summed E-state index contributed by atoms with van der Waals surface area (Å²) in [6.45, 7) is 9.31. The quantitative estimate of drug-likeness (QED) is 0.274. The number of aryl methyl sites for hydroxylation is 4. The van der Waals surface area contributed by atoms with E-state index in [4.69, 9.17) is 27.4 Å². The van der Waals surface area contributed by atoms with Crippen LogP contribution in [0.5, 0.6) is 11.5 Å². The highest BCUT2D eigenvalue weighted by molar-refractivity contribution is 7.80. The molecular formula is C30H36N2O4S. The third-order valence-corrected chi connectivity index (χ3v) is 6.95. The number of hydrogen-bond donors (Lipinski definition) is 2. The number of methoxy groups -OCH3 is 1. The number of carbonyl (C=O) groups excluding carboxylic acids is 1. The van der Waals surface area contributed by atoms with Gasteiger partial charge in [0.25, 0.3) is 0 Å². The molecule has 3 aromatic rings. The maximum absolute atomic E-state index is 12.9. The van der Waals surface area contributed by atoms with Gasteiger partial charge in [0.05, 0.1) is 19.3 Å². The molecule has 0 spiro atoms. The molecule has 0 fully saturated rings. The summed E-state index contributed by atoms with van der Waals surface area (Å²) in [7, 11) is 1.51. The predicted octanol–water partition coefficient (Wildman–Crippen LogP) is 5.40. The third-order valence-electron chi connectivity index (χ3n) is 6.70. The van der Waals surface area contributed by atoms with Crippen molar-refractivity contribution < 1.29 is 19.4 Å². The van der Waals surface area contributed by atoms with Crippen molar-refractivity contribution in [2.45, 2.75) is 40.7 Å². The van der Waals surface area contributed by atoms with E-state index >= 15 is 0 Å². The van der Waals surface area contributed by atoms with Gasteiger partial charge in [-0.1, -0.05) is 30.3 Å². The number of carbonyl (C=O) groups is 1. The smallest absolute Gasteiger partial charge is 0.338 e. The number of thiocarbonyl (C=S) groups is 1. The first-order chi connectivity index (χ1) is 17.6. The lowest BCUT2D eigenvalue weighted by Crippen LogP contribution is -2.40. The minimum atomic E-state index is -0.349. The van der Waals surface area contributed by atoms with Crippen LogP contribution in [0.15, 0.2) is 54.6 Å². The van der Waals surface area contributed by atoms with Crippen LogP contribution in [0.1, 0.15) is 43.7 Å². The van der Waals surface area contributed by atoms with Crippen LogP contribution in [0.25, 0.3) is 0 Å². The second-order valence-electron chi connectivity index (χ2n) is 9.61. The van der Waals surface area contributed by atoms with Crippen molar-refractivity contribution in [2.75, 3.05) is 20.3 Å². The first kappa shape index (κ1) is 28.0. The van der Waals surface area contributed by atoms with Crippen LogP contribution >= 0.6 is 12.2 Å². The van der Waals surface area contributed by atoms with Gasteiger partial charge in [-0.25, -0.2) is 4.79 Å². The highest BCUT2D eigenvalue weighted by Gasteiger charge is 2.20. The number of nitrogens with two attached hydrogens (primary N) is 1. The molecule has 6 nitrogen and oxygen atoms in total. The Morgan fingerprint density at radius 1 is 0.946 bits per heavy atom. The third kappa shape index (κ3) is 7.70. The minimum Gasteiger partial charge on any atom is -0.504 e. The van der Waals surface area contributed by atoms with E-state index in [9.17, 15) is 9.90 Å². The molecule has 0 radical (unpaired) electrons. The Balaban J connectivity index is 1.80.